The van der Waals surface area contributed by atoms with Crippen molar-refractivity contribution in [3.63, 3.8) is 0 Å². The van der Waals surface area contributed by atoms with Gasteiger partial charge in [0, 0.05) is 25.6 Å². The lowest BCUT2D eigenvalue weighted by molar-refractivity contribution is 0.171. The van der Waals surface area contributed by atoms with Gasteiger partial charge < -0.3 is 5.11 Å². The van der Waals surface area contributed by atoms with E-state index in [9.17, 15) is 5.11 Å². The fourth-order valence-corrected chi connectivity index (χ4v) is 5.26. The summed E-state index contributed by atoms with van der Waals surface area (Å²) in [6.07, 6.45) is 0.558. The van der Waals surface area contributed by atoms with E-state index in [1.165, 1.54) is 20.6 Å². The number of hydrogen-bond acceptors (Lipinski definition) is 3. The average molecular weight is 380 g/mol. The lowest BCUT2D eigenvalue weighted by atomic mass is 10.0. The highest BCUT2D eigenvalue weighted by Gasteiger charge is 2.28. The van der Waals surface area contributed by atoms with Gasteiger partial charge in [0.05, 0.1) is 6.10 Å². The number of hydrogen-bond donors (Lipinski definition) is 1. The molecule has 3 atom stereocenters. The maximum atomic E-state index is 10.3. The summed E-state index contributed by atoms with van der Waals surface area (Å²) in [5.41, 5.74) is 1.24. The highest BCUT2D eigenvalue weighted by atomic mass is 127. The van der Waals surface area contributed by atoms with E-state index in [2.05, 4.69) is 53.8 Å². The van der Waals surface area contributed by atoms with Crippen LogP contribution in [0.4, 0.5) is 0 Å². The smallest absolute Gasteiger partial charge is 0.0709 e. The van der Waals surface area contributed by atoms with Crippen LogP contribution < -0.4 is 0 Å². The van der Waals surface area contributed by atoms with Gasteiger partial charge in [0.1, 0.15) is 0 Å². The summed E-state index contributed by atoms with van der Waals surface area (Å²) in [5.74, 6) is 2.39. The molecule has 3 unspecified atom stereocenters. The molecule has 1 aliphatic heterocycles. The molecule has 0 radical (unpaired) electrons. The van der Waals surface area contributed by atoms with Crippen molar-refractivity contribution in [2.75, 3.05) is 11.5 Å². The molecule has 1 aromatic rings. The predicted octanol–water partition coefficient (Wildman–Crippen LogP) is 3.43. The monoisotopic (exact) mass is 380 g/mol. The Kier molecular flexibility index (Phi) is 5.51. The molecule has 0 spiro atoms. The van der Waals surface area contributed by atoms with Crippen molar-refractivity contribution in [1.29, 1.82) is 0 Å². The Morgan fingerprint density at radius 1 is 1.29 bits per heavy atom. The van der Waals surface area contributed by atoms with E-state index in [0.717, 1.165) is 6.42 Å². The number of benzene rings is 1. The van der Waals surface area contributed by atoms with Crippen LogP contribution in [0.3, 0.4) is 0 Å². The largest absolute Gasteiger partial charge is 0.392 e. The molecule has 2 rings (SSSR count). The number of halogens is 1. The molecule has 17 heavy (non-hydrogen) atoms. The van der Waals surface area contributed by atoms with Crippen LogP contribution in [-0.2, 0) is 6.42 Å². The summed E-state index contributed by atoms with van der Waals surface area (Å²) in [7, 11) is 0. The maximum Gasteiger partial charge on any atom is 0.0709 e. The molecule has 1 fully saturated rings. The second-order valence-corrected chi connectivity index (χ2v) is 8.33. The van der Waals surface area contributed by atoms with Crippen molar-refractivity contribution in [3.8, 4) is 0 Å². The molecule has 1 nitrogen and oxygen atoms in total. The highest BCUT2D eigenvalue weighted by Crippen LogP contribution is 2.33. The highest BCUT2D eigenvalue weighted by molar-refractivity contribution is 14.1. The van der Waals surface area contributed by atoms with Gasteiger partial charge in [0.25, 0.3) is 0 Å². The average Bonchev–Trinajstić information content (AvgIpc) is 2.32. The van der Waals surface area contributed by atoms with E-state index in [4.69, 9.17) is 0 Å². The quantitative estimate of drug-likeness (QED) is 0.812. The summed E-state index contributed by atoms with van der Waals surface area (Å²) < 4.78 is 1.25. The van der Waals surface area contributed by atoms with Crippen molar-refractivity contribution in [3.05, 3.63) is 33.4 Å². The van der Waals surface area contributed by atoms with Crippen LogP contribution in [0, 0.1) is 3.57 Å². The number of rotatable bonds is 3. The number of thioether (sulfide) groups is 2. The Bertz CT molecular complexity index is 355. The molecule has 4 heteroatoms. The molecule has 1 heterocycles. The van der Waals surface area contributed by atoms with E-state index in [1.54, 1.807) is 0 Å². The van der Waals surface area contributed by atoms with E-state index >= 15 is 0 Å². The summed E-state index contributed by atoms with van der Waals surface area (Å²) in [6, 6.07) is 8.45. The molecule has 94 valence electrons. The molecule has 1 aromatic carbocycles. The first kappa shape index (κ1) is 14.0. The number of aliphatic hydroxyl groups excluding tert-OH is 1. The lowest BCUT2D eigenvalue weighted by Crippen LogP contribution is -2.36. The van der Waals surface area contributed by atoms with Gasteiger partial charge in [-0.05, 0) is 46.7 Å². The van der Waals surface area contributed by atoms with Crippen LogP contribution in [0.1, 0.15) is 12.5 Å². The van der Waals surface area contributed by atoms with Crippen LogP contribution in [-0.4, -0.2) is 33.2 Å². The first-order valence-corrected chi connectivity index (χ1v) is 9.00. The lowest BCUT2D eigenvalue weighted by Gasteiger charge is -2.31. The topological polar surface area (TPSA) is 20.2 Å². The van der Waals surface area contributed by atoms with E-state index in [1.807, 2.05) is 23.5 Å². The molecular weight excluding hydrogens is 363 g/mol. The fourth-order valence-electron chi connectivity index (χ4n) is 2.05. The summed E-state index contributed by atoms with van der Waals surface area (Å²) in [6.45, 7) is 2.23. The Balaban J connectivity index is 1.95. The molecule has 1 N–H and O–H groups in total. The molecule has 0 aliphatic carbocycles. The number of aliphatic hydroxyl groups is 1. The van der Waals surface area contributed by atoms with Gasteiger partial charge in [0.2, 0.25) is 0 Å². The summed E-state index contributed by atoms with van der Waals surface area (Å²) in [4.78, 5) is 0. The molecule has 1 saturated heterocycles. The minimum Gasteiger partial charge on any atom is -0.392 e. The minimum atomic E-state index is -0.220. The second-order valence-electron chi connectivity index (χ2n) is 4.31. The Morgan fingerprint density at radius 2 is 1.94 bits per heavy atom. The van der Waals surface area contributed by atoms with E-state index in [0.29, 0.717) is 10.5 Å². The first-order valence-electron chi connectivity index (χ1n) is 5.82. The fraction of sp³-hybridized carbons (Fsp3) is 0.538. The van der Waals surface area contributed by atoms with Gasteiger partial charge in [0.15, 0.2) is 0 Å². The van der Waals surface area contributed by atoms with Crippen LogP contribution in [0.2, 0.25) is 0 Å². The van der Waals surface area contributed by atoms with Gasteiger partial charge in [-0.1, -0.05) is 19.1 Å². The van der Waals surface area contributed by atoms with Crippen LogP contribution in [0.25, 0.3) is 0 Å². The SMILES string of the molecule is CC1SCCSC1C(O)Cc1ccc(I)cc1. The van der Waals surface area contributed by atoms with Crippen LogP contribution in [0.5, 0.6) is 0 Å². The minimum absolute atomic E-state index is 0.220. The molecule has 0 aromatic heterocycles. The van der Waals surface area contributed by atoms with Crippen molar-refractivity contribution in [2.24, 2.45) is 0 Å². The van der Waals surface area contributed by atoms with Gasteiger partial charge in [-0.15, -0.1) is 0 Å². The zero-order chi connectivity index (χ0) is 12.3. The zero-order valence-electron chi connectivity index (χ0n) is 9.80. The van der Waals surface area contributed by atoms with Gasteiger partial charge >= 0.3 is 0 Å². The van der Waals surface area contributed by atoms with Crippen LogP contribution >= 0.6 is 46.1 Å². The normalized spacial score (nSPS) is 26.8. The van der Waals surface area contributed by atoms with Gasteiger partial charge in [-0.2, -0.15) is 23.5 Å². The molecular formula is C13H17IOS2. The van der Waals surface area contributed by atoms with Crippen molar-refractivity contribution in [2.45, 2.75) is 29.9 Å². The first-order chi connectivity index (χ1) is 8.16. The van der Waals surface area contributed by atoms with Crippen molar-refractivity contribution >= 4 is 46.1 Å². The molecule has 0 amide bonds. The zero-order valence-corrected chi connectivity index (χ0v) is 13.6. The van der Waals surface area contributed by atoms with Crippen molar-refractivity contribution < 1.29 is 5.11 Å². The third kappa shape index (κ3) is 4.04. The predicted molar refractivity (Wildman–Crippen MR) is 87.0 cm³/mol. The van der Waals surface area contributed by atoms with E-state index < -0.39 is 0 Å². The molecule has 1 aliphatic rings. The van der Waals surface area contributed by atoms with Gasteiger partial charge in [-0.3, -0.25) is 0 Å². The van der Waals surface area contributed by atoms with Crippen molar-refractivity contribution in [1.82, 2.24) is 0 Å². The van der Waals surface area contributed by atoms with Crippen LogP contribution in [0.15, 0.2) is 24.3 Å². The Morgan fingerprint density at radius 3 is 2.59 bits per heavy atom. The third-order valence-electron chi connectivity index (χ3n) is 2.97. The van der Waals surface area contributed by atoms with Gasteiger partial charge in [-0.25, -0.2) is 0 Å². The Hall–Kier alpha value is 0.610. The summed E-state index contributed by atoms with van der Waals surface area (Å²) in [5, 5.41) is 11.3. The third-order valence-corrected chi connectivity index (χ3v) is 6.93. The van der Waals surface area contributed by atoms with E-state index in [-0.39, 0.29) is 6.10 Å². The second kappa shape index (κ2) is 6.68. The standard InChI is InChI=1S/C13H17IOS2/c1-9-13(17-7-6-16-9)12(15)8-10-2-4-11(14)5-3-10/h2-5,9,12-13,15H,6-8H2,1H3. The summed E-state index contributed by atoms with van der Waals surface area (Å²) >= 11 is 6.22. The molecule has 0 bridgehead atoms. The molecule has 0 saturated carbocycles. The maximum absolute atomic E-state index is 10.3. The Labute approximate surface area is 125 Å².